The van der Waals surface area contributed by atoms with Gasteiger partial charge in [0.25, 0.3) is 5.91 Å². The van der Waals surface area contributed by atoms with Crippen molar-refractivity contribution in [2.45, 2.75) is 6.04 Å². The highest BCUT2D eigenvalue weighted by atomic mass is 127. The third kappa shape index (κ3) is 3.64. The summed E-state index contributed by atoms with van der Waals surface area (Å²) >= 11 is 2.16. The van der Waals surface area contributed by atoms with E-state index in [9.17, 15) is 9.18 Å². The molecule has 0 spiro atoms. The van der Waals surface area contributed by atoms with Gasteiger partial charge in [0, 0.05) is 28.6 Å². The Morgan fingerprint density at radius 1 is 1.25 bits per heavy atom. The summed E-state index contributed by atoms with van der Waals surface area (Å²) in [5.41, 5.74) is 1.20. The second-order valence-corrected chi connectivity index (χ2v) is 6.61. The van der Waals surface area contributed by atoms with Crippen LogP contribution >= 0.6 is 22.6 Å². The van der Waals surface area contributed by atoms with E-state index in [4.69, 9.17) is 0 Å². The molecule has 1 N–H and O–H groups in total. The fraction of sp³-hybridized carbons (Fsp3) is 0.111. The smallest absolute Gasteiger partial charge is 0.252 e. The second kappa shape index (κ2) is 7.12. The van der Waals surface area contributed by atoms with Gasteiger partial charge in [0.2, 0.25) is 0 Å². The Morgan fingerprint density at radius 2 is 2.04 bits per heavy atom. The molecule has 0 saturated heterocycles. The second-order valence-electron chi connectivity index (χ2n) is 5.37. The van der Waals surface area contributed by atoms with E-state index in [-0.39, 0.29) is 11.7 Å². The molecule has 3 rings (SSSR count). The van der Waals surface area contributed by atoms with Crippen molar-refractivity contribution >= 4 is 28.5 Å². The maximum absolute atomic E-state index is 13.6. The van der Waals surface area contributed by atoms with Gasteiger partial charge in [-0.3, -0.25) is 4.79 Å². The van der Waals surface area contributed by atoms with Gasteiger partial charge in [-0.2, -0.15) is 0 Å². The number of nitrogens with zero attached hydrogens (tertiary/aromatic N) is 2. The number of imidazole rings is 1. The molecule has 3 aromatic rings. The number of carbonyl (C=O) groups excluding carboxylic acids is 1. The minimum atomic E-state index is -0.536. The predicted octanol–water partition coefficient (Wildman–Crippen LogP) is 3.68. The van der Waals surface area contributed by atoms with Gasteiger partial charge in [0.05, 0.1) is 0 Å². The quantitative estimate of drug-likeness (QED) is 0.636. The molecule has 0 radical (unpaired) electrons. The van der Waals surface area contributed by atoms with E-state index >= 15 is 0 Å². The SMILES string of the molecule is Cn1ccnc1[C@H](NC(=O)c1cccc(I)c1)c1cccc(F)c1. The Morgan fingerprint density at radius 3 is 2.71 bits per heavy atom. The Kier molecular flexibility index (Phi) is 4.94. The monoisotopic (exact) mass is 435 g/mol. The number of benzene rings is 2. The minimum absolute atomic E-state index is 0.231. The highest BCUT2D eigenvalue weighted by molar-refractivity contribution is 14.1. The average molecular weight is 435 g/mol. The molecule has 0 saturated carbocycles. The Balaban J connectivity index is 1.96. The fourth-order valence-corrected chi connectivity index (χ4v) is 3.03. The topological polar surface area (TPSA) is 46.9 Å². The lowest BCUT2D eigenvalue weighted by Gasteiger charge is -2.19. The van der Waals surface area contributed by atoms with Crippen molar-refractivity contribution in [3.63, 3.8) is 0 Å². The molecule has 1 aromatic heterocycles. The molecule has 0 aliphatic rings. The summed E-state index contributed by atoms with van der Waals surface area (Å²) in [4.78, 5) is 16.9. The first kappa shape index (κ1) is 16.6. The van der Waals surface area contributed by atoms with E-state index in [0.29, 0.717) is 17.0 Å². The third-order valence-corrected chi connectivity index (χ3v) is 4.33. The highest BCUT2D eigenvalue weighted by Crippen LogP contribution is 2.22. The van der Waals surface area contributed by atoms with Crippen molar-refractivity contribution in [1.82, 2.24) is 14.9 Å². The van der Waals surface area contributed by atoms with Crippen molar-refractivity contribution in [1.29, 1.82) is 0 Å². The van der Waals surface area contributed by atoms with E-state index in [1.165, 1.54) is 12.1 Å². The molecule has 1 amide bonds. The molecule has 2 aromatic carbocycles. The van der Waals surface area contributed by atoms with Gasteiger partial charge in [-0.15, -0.1) is 0 Å². The molecule has 122 valence electrons. The maximum atomic E-state index is 13.6. The van der Waals surface area contributed by atoms with Gasteiger partial charge in [0.1, 0.15) is 17.7 Å². The van der Waals surface area contributed by atoms with Crippen LogP contribution in [0.1, 0.15) is 27.8 Å². The molecule has 6 heteroatoms. The summed E-state index contributed by atoms with van der Waals surface area (Å²) in [7, 11) is 1.84. The summed E-state index contributed by atoms with van der Waals surface area (Å²) in [6.07, 6.45) is 3.44. The van der Waals surface area contributed by atoms with Crippen molar-refractivity contribution in [2.24, 2.45) is 7.05 Å². The number of aromatic nitrogens is 2. The predicted molar refractivity (Wildman–Crippen MR) is 98.1 cm³/mol. The fourth-order valence-electron chi connectivity index (χ4n) is 2.48. The summed E-state index contributed by atoms with van der Waals surface area (Å²) in [6, 6.07) is 12.9. The standard InChI is InChI=1S/C18H15FIN3O/c1-23-9-8-21-17(23)16(12-4-2-6-14(19)10-12)22-18(24)13-5-3-7-15(20)11-13/h2-11,16H,1H3,(H,22,24)/t16-/m1/s1. The summed E-state index contributed by atoms with van der Waals surface area (Å²) in [5.74, 6) is 0.0561. The number of rotatable bonds is 4. The Hall–Kier alpha value is -2.22. The molecule has 4 nitrogen and oxygen atoms in total. The van der Waals surface area contributed by atoms with Gasteiger partial charge in [0.15, 0.2) is 0 Å². The average Bonchev–Trinajstić information content (AvgIpc) is 2.98. The zero-order chi connectivity index (χ0) is 17.1. The van der Waals surface area contributed by atoms with E-state index in [1.807, 2.05) is 23.7 Å². The Bertz CT molecular complexity index is 878. The van der Waals surface area contributed by atoms with Crippen LogP contribution in [0.15, 0.2) is 60.9 Å². The molecular formula is C18H15FIN3O. The molecular weight excluding hydrogens is 420 g/mol. The van der Waals surface area contributed by atoms with Gasteiger partial charge < -0.3 is 9.88 Å². The lowest BCUT2D eigenvalue weighted by molar-refractivity contribution is 0.0941. The van der Waals surface area contributed by atoms with Crippen LogP contribution in [0.4, 0.5) is 4.39 Å². The number of hydrogen-bond acceptors (Lipinski definition) is 2. The first-order valence-electron chi connectivity index (χ1n) is 7.34. The maximum Gasteiger partial charge on any atom is 0.252 e. The minimum Gasteiger partial charge on any atom is -0.338 e. The van der Waals surface area contributed by atoms with Gasteiger partial charge in [-0.1, -0.05) is 18.2 Å². The molecule has 1 atom stereocenters. The van der Waals surface area contributed by atoms with Crippen molar-refractivity contribution in [2.75, 3.05) is 0 Å². The number of nitrogens with one attached hydrogen (secondary N) is 1. The molecule has 0 fully saturated rings. The van der Waals surface area contributed by atoms with Crippen LogP contribution in [0.25, 0.3) is 0 Å². The normalized spacial score (nSPS) is 12.0. The van der Waals surface area contributed by atoms with Gasteiger partial charge >= 0.3 is 0 Å². The lowest BCUT2D eigenvalue weighted by atomic mass is 10.0. The first-order valence-corrected chi connectivity index (χ1v) is 8.41. The van der Waals surface area contributed by atoms with E-state index < -0.39 is 6.04 Å². The zero-order valence-corrected chi connectivity index (χ0v) is 15.1. The van der Waals surface area contributed by atoms with Crippen LogP contribution < -0.4 is 5.32 Å². The molecule has 24 heavy (non-hydrogen) atoms. The summed E-state index contributed by atoms with van der Waals surface area (Å²) < 4.78 is 16.4. The van der Waals surface area contributed by atoms with Crippen molar-refractivity contribution < 1.29 is 9.18 Å². The van der Waals surface area contributed by atoms with Crippen molar-refractivity contribution in [3.05, 3.63) is 87.3 Å². The van der Waals surface area contributed by atoms with E-state index in [2.05, 4.69) is 32.9 Å². The number of carbonyl (C=O) groups is 1. The molecule has 0 aliphatic carbocycles. The third-order valence-electron chi connectivity index (χ3n) is 3.66. The van der Waals surface area contributed by atoms with Crippen LogP contribution in [-0.4, -0.2) is 15.5 Å². The van der Waals surface area contributed by atoms with Crippen molar-refractivity contribution in [3.8, 4) is 0 Å². The first-order chi connectivity index (χ1) is 11.5. The van der Waals surface area contributed by atoms with Crippen LogP contribution in [0.3, 0.4) is 0 Å². The Labute approximate surface area is 152 Å². The number of halogens is 2. The van der Waals surface area contributed by atoms with E-state index in [1.54, 1.807) is 36.7 Å². The van der Waals surface area contributed by atoms with Gasteiger partial charge in [-0.25, -0.2) is 9.37 Å². The summed E-state index contributed by atoms with van der Waals surface area (Å²) in [6.45, 7) is 0. The van der Waals surface area contributed by atoms with Crippen LogP contribution in [-0.2, 0) is 7.05 Å². The highest BCUT2D eigenvalue weighted by Gasteiger charge is 2.22. The molecule has 0 aliphatic heterocycles. The zero-order valence-electron chi connectivity index (χ0n) is 12.9. The molecule has 0 bridgehead atoms. The number of amides is 1. The lowest BCUT2D eigenvalue weighted by Crippen LogP contribution is -2.31. The van der Waals surface area contributed by atoms with Gasteiger partial charge in [-0.05, 0) is 58.5 Å². The number of hydrogen-bond donors (Lipinski definition) is 1. The number of aryl methyl sites for hydroxylation is 1. The van der Waals surface area contributed by atoms with Crippen LogP contribution in [0.2, 0.25) is 0 Å². The van der Waals surface area contributed by atoms with Crippen LogP contribution in [0.5, 0.6) is 0 Å². The largest absolute Gasteiger partial charge is 0.338 e. The molecule has 1 heterocycles. The van der Waals surface area contributed by atoms with E-state index in [0.717, 1.165) is 3.57 Å². The molecule has 0 unspecified atom stereocenters. The van der Waals surface area contributed by atoms with Crippen LogP contribution in [0, 0.1) is 9.39 Å². The summed E-state index contributed by atoms with van der Waals surface area (Å²) in [5, 5.41) is 2.96.